The lowest BCUT2D eigenvalue weighted by molar-refractivity contribution is -0.246. The van der Waals surface area contributed by atoms with Gasteiger partial charge in [0.1, 0.15) is 0 Å². The second-order valence-corrected chi connectivity index (χ2v) is 5.00. The van der Waals surface area contributed by atoms with Gasteiger partial charge in [-0.05, 0) is 23.2 Å². The molecule has 0 aliphatic rings. The highest BCUT2D eigenvalue weighted by molar-refractivity contribution is 6.51. The molecule has 0 nitrogen and oxygen atoms in total. The molecule has 0 bridgehead atoms. The van der Waals surface area contributed by atoms with Crippen molar-refractivity contribution in [1.29, 1.82) is 0 Å². The quantitative estimate of drug-likeness (QED) is 0.487. The summed E-state index contributed by atoms with van der Waals surface area (Å²) >= 11 is 16.0. The van der Waals surface area contributed by atoms with Crippen LogP contribution in [0.5, 0.6) is 0 Å². The Morgan fingerprint density at radius 3 is 0.765 bits per heavy atom. The van der Waals surface area contributed by atoms with Gasteiger partial charge >= 0.3 is 22.6 Å². The smallest absolute Gasteiger partial charge is 0.195 e. The zero-order valence-corrected chi connectivity index (χ0v) is 10.1. The van der Waals surface area contributed by atoms with Crippen molar-refractivity contribution < 1.29 is 35.1 Å². The van der Waals surface area contributed by atoms with Gasteiger partial charge in [-0.15, -0.1) is 0 Å². The lowest BCUT2D eigenvalue weighted by Gasteiger charge is -2.38. The minimum atomic E-state index is -6.08. The summed E-state index contributed by atoms with van der Waals surface area (Å²) in [6, 6.07) is 0. The van der Waals surface area contributed by atoms with E-state index in [-0.39, 0.29) is 0 Å². The molecule has 0 rings (SSSR count). The fourth-order valence-electron chi connectivity index (χ4n) is 0.553. The summed E-state index contributed by atoms with van der Waals surface area (Å²) in [7, 11) is 0. The van der Waals surface area contributed by atoms with E-state index in [9.17, 15) is 35.1 Å². The van der Waals surface area contributed by atoms with Crippen LogP contribution in [0.15, 0.2) is 0 Å². The van der Waals surface area contributed by atoms with E-state index in [0.29, 0.717) is 0 Å². The lowest BCUT2D eigenvalue weighted by Crippen LogP contribution is -2.63. The van der Waals surface area contributed by atoms with Crippen molar-refractivity contribution in [2.24, 2.45) is 0 Å². The third kappa shape index (κ3) is 2.64. The zero-order chi connectivity index (χ0) is 14.5. The van der Waals surface area contributed by atoms with E-state index >= 15 is 0 Å². The van der Waals surface area contributed by atoms with Gasteiger partial charge in [-0.25, -0.2) is 0 Å². The molecule has 0 spiro atoms. The Morgan fingerprint density at radius 2 is 0.647 bits per heavy atom. The summed E-state index contributed by atoms with van der Waals surface area (Å²) in [5.41, 5.74) is 0. The Morgan fingerprint density at radius 1 is 0.471 bits per heavy atom. The van der Waals surface area contributed by atoms with Gasteiger partial charge < -0.3 is 0 Å². The summed E-state index contributed by atoms with van der Waals surface area (Å²) in [6.07, 6.45) is 0. The molecule has 0 fully saturated rings. The first-order valence-corrected chi connectivity index (χ1v) is 4.78. The molecule has 0 heterocycles. The molecule has 0 unspecified atom stereocenters. The van der Waals surface area contributed by atoms with E-state index in [1.54, 1.807) is 0 Å². The summed E-state index contributed by atoms with van der Waals surface area (Å²) in [4.78, 5) is 0. The largest absolute Gasteiger partial charge is 0.387 e. The number of rotatable bonds is 4. The molecular formula is C5Cl4F8. The molecule has 0 aliphatic carbocycles. The Labute approximate surface area is 109 Å². The third-order valence-electron chi connectivity index (χ3n) is 1.50. The highest BCUT2D eigenvalue weighted by atomic mass is 35.5. The number of alkyl halides is 12. The van der Waals surface area contributed by atoms with Crippen molar-refractivity contribution in [2.45, 2.75) is 26.9 Å². The maximum Gasteiger partial charge on any atom is 0.387 e. The number of halogens is 12. The van der Waals surface area contributed by atoms with Gasteiger partial charge in [0.2, 0.25) is 0 Å². The zero-order valence-electron chi connectivity index (χ0n) is 7.04. The first-order chi connectivity index (χ1) is 7.00. The molecule has 0 atom stereocenters. The van der Waals surface area contributed by atoms with Crippen LogP contribution in [0.3, 0.4) is 0 Å². The standard InChI is InChI=1S/C5Cl4F8/c6-1(7,2(10,11)4(8,14)15)3(12,13)5(9,16)17. The number of hydrogen-bond donors (Lipinski definition) is 0. The third-order valence-corrected chi connectivity index (χ3v) is 2.92. The normalized spacial score (nSPS) is 16.2. The van der Waals surface area contributed by atoms with Gasteiger partial charge in [0.05, 0.1) is 0 Å². The van der Waals surface area contributed by atoms with E-state index in [1.165, 1.54) is 0 Å². The Bertz CT molecular complexity index is 261. The monoisotopic (exact) mass is 352 g/mol. The summed E-state index contributed by atoms with van der Waals surface area (Å²) in [5.74, 6) is -12.2. The van der Waals surface area contributed by atoms with Gasteiger partial charge in [-0.3, -0.25) is 0 Å². The predicted molar refractivity (Wildman–Crippen MR) is 45.9 cm³/mol. The van der Waals surface area contributed by atoms with Crippen LogP contribution in [-0.2, 0) is 0 Å². The predicted octanol–water partition coefficient (Wildman–Crippen LogP) is 5.09. The van der Waals surface area contributed by atoms with Crippen molar-refractivity contribution in [3.8, 4) is 0 Å². The van der Waals surface area contributed by atoms with Crippen LogP contribution in [0.2, 0.25) is 0 Å². The lowest BCUT2D eigenvalue weighted by atomic mass is 10.1. The molecule has 0 aromatic rings. The van der Waals surface area contributed by atoms with Gasteiger partial charge in [0.15, 0.2) is 0 Å². The van der Waals surface area contributed by atoms with Crippen LogP contribution in [-0.4, -0.2) is 26.9 Å². The highest BCUT2D eigenvalue weighted by Gasteiger charge is 2.82. The van der Waals surface area contributed by atoms with E-state index in [4.69, 9.17) is 0 Å². The van der Waals surface area contributed by atoms with E-state index in [0.717, 1.165) is 0 Å². The minimum absolute atomic E-state index is 3.79. The van der Waals surface area contributed by atoms with Crippen LogP contribution in [0, 0.1) is 0 Å². The second-order valence-electron chi connectivity index (χ2n) is 2.72. The van der Waals surface area contributed by atoms with E-state index in [1.807, 2.05) is 0 Å². The molecule has 0 amide bonds. The van der Waals surface area contributed by atoms with E-state index in [2.05, 4.69) is 46.4 Å². The maximum absolute atomic E-state index is 12.7. The van der Waals surface area contributed by atoms with Crippen molar-refractivity contribution in [1.82, 2.24) is 0 Å². The van der Waals surface area contributed by atoms with Crippen molar-refractivity contribution >= 4 is 46.4 Å². The summed E-state index contributed by atoms with van der Waals surface area (Å²) in [5, 5.41) is -11.4. The highest BCUT2D eigenvalue weighted by Crippen LogP contribution is 2.61. The summed E-state index contributed by atoms with van der Waals surface area (Å²) in [6.45, 7) is 0. The molecular weight excluding hydrogens is 354 g/mol. The first kappa shape index (κ1) is 17.6. The van der Waals surface area contributed by atoms with Gasteiger partial charge in [0.25, 0.3) is 4.33 Å². The van der Waals surface area contributed by atoms with Crippen LogP contribution in [0.25, 0.3) is 0 Å². The molecule has 12 heteroatoms. The van der Waals surface area contributed by atoms with Gasteiger partial charge in [-0.2, -0.15) is 35.1 Å². The molecule has 0 N–H and O–H groups in total. The maximum atomic E-state index is 12.7. The Balaban J connectivity index is 5.73. The molecule has 104 valence electrons. The van der Waals surface area contributed by atoms with E-state index < -0.39 is 26.9 Å². The topological polar surface area (TPSA) is 0 Å². The average Bonchev–Trinajstić information content (AvgIpc) is 1.98. The molecule has 0 saturated heterocycles. The molecule has 0 aromatic heterocycles. The fourth-order valence-corrected chi connectivity index (χ4v) is 1.50. The Kier molecular flexibility index (Phi) is 4.47. The van der Waals surface area contributed by atoms with Crippen LogP contribution in [0.1, 0.15) is 0 Å². The van der Waals surface area contributed by atoms with Crippen LogP contribution >= 0.6 is 46.4 Å². The average molecular weight is 354 g/mol. The molecule has 0 saturated carbocycles. The molecule has 0 aliphatic heterocycles. The van der Waals surface area contributed by atoms with Crippen LogP contribution < -0.4 is 0 Å². The van der Waals surface area contributed by atoms with Crippen LogP contribution in [0.4, 0.5) is 35.1 Å². The SMILES string of the molecule is FC(F)(Cl)C(F)(F)C(Cl)(Cl)C(F)(F)C(F)(F)Cl. The van der Waals surface area contributed by atoms with Gasteiger partial charge in [0, 0.05) is 0 Å². The molecule has 17 heavy (non-hydrogen) atoms. The molecule has 0 aromatic carbocycles. The van der Waals surface area contributed by atoms with Gasteiger partial charge in [-0.1, -0.05) is 23.2 Å². The van der Waals surface area contributed by atoms with Crippen molar-refractivity contribution in [3.05, 3.63) is 0 Å². The fraction of sp³-hybridized carbons (Fsp3) is 1.00. The number of hydrogen-bond acceptors (Lipinski definition) is 0. The van der Waals surface area contributed by atoms with Crippen molar-refractivity contribution in [2.75, 3.05) is 0 Å². The molecule has 0 radical (unpaired) electrons. The minimum Gasteiger partial charge on any atom is -0.195 e. The van der Waals surface area contributed by atoms with Crippen molar-refractivity contribution in [3.63, 3.8) is 0 Å². The summed E-state index contributed by atoms with van der Waals surface area (Å²) < 4.78 is 94.2. The Hall–Kier alpha value is 0.600. The second kappa shape index (κ2) is 4.31. The first-order valence-electron chi connectivity index (χ1n) is 3.27.